The summed E-state index contributed by atoms with van der Waals surface area (Å²) in [4.78, 5) is 21.7. The predicted molar refractivity (Wildman–Crippen MR) is 97.5 cm³/mol. The Kier molecular flexibility index (Phi) is 3.50. The topological polar surface area (TPSA) is 63.0 Å². The largest absolute Gasteiger partial charge is 0.380 e. The molecule has 0 bridgehead atoms. The monoisotopic (exact) mass is 355 g/mol. The van der Waals surface area contributed by atoms with Gasteiger partial charge in [-0.25, -0.2) is 9.50 Å². The number of likely N-dealkylation sites (tertiary alicyclic amines) is 1. The van der Waals surface area contributed by atoms with Crippen LogP contribution in [0.2, 0.25) is 0 Å². The van der Waals surface area contributed by atoms with Gasteiger partial charge in [0.2, 0.25) is 5.82 Å². The molecule has 3 saturated heterocycles. The Bertz CT molecular complexity index is 872. The molecule has 5 rings (SSSR count). The highest BCUT2D eigenvalue weighted by Crippen LogP contribution is 2.37. The zero-order chi connectivity index (χ0) is 17.9. The number of carbonyl (C=O) groups excluding carboxylic acids is 1. The third-order valence-electron chi connectivity index (χ3n) is 6.13. The number of nitrogens with zero attached hydrogens (tertiary/aromatic N) is 5. The van der Waals surface area contributed by atoms with Gasteiger partial charge in [0.25, 0.3) is 5.91 Å². The number of aryl methyl sites for hydroxylation is 1. The van der Waals surface area contributed by atoms with Crippen LogP contribution < -0.4 is 4.90 Å². The van der Waals surface area contributed by atoms with Gasteiger partial charge in [-0.3, -0.25) is 4.79 Å². The molecule has 3 aliphatic rings. The van der Waals surface area contributed by atoms with Crippen molar-refractivity contribution in [3.8, 4) is 0 Å². The van der Waals surface area contributed by atoms with Crippen LogP contribution in [0.3, 0.4) is 0 Å². The number of amides is 1. The van der Waals surface area contributed by atoms with E-state index >= 15 is 0 Å². The molecule has 0 saturated carbocycles. The molecular formula is C19H25N5O2. The van der Waals surface area contributed by atoms with Gasteiger partial charge in [-0.2, -0.15) is 0 Å². The number of rotatable bonds is 2. The molecule has 3 fully saturated rings. The van der Waals surface area contributed by atoms with E-state index in [1.54, 1.807) is 4.52 Å². The third-order valence-corrected chi connectivity index (χ3v) is 6.13. The highest BCUT2D eigenvalue weighted by molar-refractivity contribution is 5.91. The fourth-order valence-corrected chi connectivity index (χ4v) is 4.44. The highest BCUT2D eigenvalue weighted by Gasteiger charge is 2.46. The van der Waals surface area contributed by atoms with Crippen molar-refractivity contribution >= 4 is 17.2 Å². The van der Waals surface area contributed by atoms with Gasteiger partial charge < -0.3 is 14.5 Å². The van der Waals surface area contributed by atoms with Crippen molar-refractivity contribution in [2.45, 2.75) is 26.7 Å². The Labute approximate surface area is 152 Å². The predicted octanol–water partition coefficient (Wildman–Crippen LogP) is 1.75. The van der Waals surface area contributed by atoms with Crippen molar-refractivity contribution in [2.75, 3.05) is 44.3 Å². The standard InChI is InChI=1S/C19H25N5O2/c1-13-3-5-22(8-13)15-7-14(2)17-20-16(21-24(17)9-15)18(25)23-6-4-19(10-23)11-26-12-19/h7,9,13H,3-6,8,10-12H2,1-2H3. The molecule has 138 valence electrons. The van der Waals surface area contributed by atoms with Crippen molar-refractivity contribution in [1.82, 2.24) is 19.5 Å². The Morgan fingerprint density at radius 2 is 2.19 bits per heavy atom. The van der Waals surface area contributed by atoms with Gasteiger partial charge in [-0.05, 0) is 37.3 Å². The molecule has 2 aromatic rings. The van der Waals surface area contributed by atoms with Crippen LogP contribution in [0.4, 0.5) is 5.69 Å². The summed E-state index contributed by atoms with van der Waals surface area (Å²) in [6.07, 6.45) is 4.25. The molecule has 0 aliphatic carbocycles. The molecule has 0 radical (unpaired) electrons. The summed E-state index contributed by atoms with van der Waals surface area (Å²) >= 11 is 0. The minimum absolute atomic E-state index is 0.0618. The molecule has 0 N–H and O–H groups in total. The third kappa shape index (κ3) is 2.48. The van der Waals surface area contributed by atoms with Crippen LogP contribution in [0, 0.1) is 18.3 Å². The summed E-state index contributed by atoms with van der Waals surface area (Å²) in [7, 11) is 0. The van der Waals surface area contributed by atoms with Crippen LogP contribution in [-0.2, 0) is 4.74 Å². The normalized spacial score (nSPS) is 24.6. The second-order valence-corrected chi connectivity index (χ2v) is 8.39. The smallest absolute Gasteiger partial charge is 0.293 e. The Balaban J connectivity index is 1.42. The fourth-order valence-electron chi connectivity index (χ4n) is 4.44. The van der Waals surface area contributed by atoms with Crippen molar-refractivity contribution in [3.63, 3.8) is 0 Å². The first kappa shape index (κ1) is 16.1. The summed E-state index contributed by atoms with van der Waals surface area (Å²) in [6, 6.07) is 2.16. The maximum absolute atomic E-state index is 12.9. The first-order chi connectivity index (χ1) is 12.5. The molecule has 3 aliphatic heterocycles. The second-order valence-electron chi connectivity index (χ2n) is 8.39. The Morgan fingerprint density at radius 3 is 2.85 bits per heavy atom. The van der Waals surface area contributed by atoms with Crippen molar-refractivity contribution < 1.29 is 9.53 Å². The van der Waals surface area contributed by atoms with E-state index in [-0.39, 0.29) is 11.3 Å². The van der Waals surface area contributed by atoms with E-state index in [2.05, 4.69) is 28.0 Å². The SMILES string of the molecule is Cc1cc(N2CCC(C)C2)cn2nc(C(=O)N3CCC4(COC4)C3)nc12. The van der Waals surface area contributed by atoms with Gasteiger partial charge in [0, 0.05) is 31.6 Å². The summed E-state index contributed by atoms with van der Waals surface area (Å²) in [5.41, 5.74) is 3.17. The van der Waals surface area contributed by atoms with Crippen LogP contribution in [0.15, 0.2) is 12.3 Å². The lowest BCUT2D eigenvalue weighted by molar-refractivity contribution is -0.103. The van der Waals surface area contributed by atoms with Gasteiger partial charge >= 0.3 is 0 Å². The number of anilines is 1. The molecule has 2 aromatic heterocycles. The average molecular weight is 355 g/mol. The highest BCUT2D eigenvalue weighted by atomic mass is 16.5. The van der Waals surface area contributed by atoms with E-state index in [1.165, 1.54) is 6.42 Å². The number of pyridine rings is 1. The number of hydrogen-bond acceptors (Lipinski definition) is 5. The lowest BCUT2D eigenvalue weighted by Gasteiger charge is -2.37. The Hall–Kier alpha value is -2.15. The van der Waals surface area contributed by atoms with E-state index in [9.17, 15) is 4.79 Å². The minimum atomic E-state index is -0.0618. The van der Waals surface area contributed by atoms with E-state index < -0.39 is 0 Å². The molecule has 5 heterocycles. The van der Waals surface area contributed by atoms with Crippen molar-refractivity contribution in [3.05, 3.63) is 23.7 Å². The molecule has 0 aromatic carbocycles. The van der Waals surface area contributed by atoms with Gasteiger partial charge in [-0.1, -0.05) is 6.92 Å². The minimum Gasteiger partial charge on any atom is -0.380 e. The van der Waals surface area contributed by atoms with Crippen LogP contribution in [0.5, 0.6) is 0 Å². The molecule has 1 unspecified atom stereocenters. The lowest BCUT2D eigenvalue weighted by atomic mass is 9.85. The molecule has 1 spiro atoms. The summed E-state index contributed by atoms with van der Waals surface area (Å²) in [5, 5.41) is 4.52. The fraction of sp³-hybridized carbons (Fsp3) is 0.632. The molecule has 1 amide bonds. The number of carbonyl (C=O) groups is 1. The number of ether oxygens (including phenoxy) is 1. The average Bonchev–Trinajstić information content (AvgIpc) is 3.30. The van der Waals surface area contributed by atoms with Gasteiger partial charge in [0.1, 0.15) is 0 Å². The zero-order valence-electron chi connectivity index (χ0n) is 15.4. The quantitative estimate of drug-likeness (QED) is 0.821. The number of aromatic nitrogens is 3. The molecular weight excluding hydrogens is 330 g/mol. The maximum Gasteiger partial charge on any atom is 0.293 e. The van der Waals surface area contributed by atoms with Crippen LogP contribution in [0.1, 0.15) is 35.9 Å². The van der Waals surface area contributed by atoms with Crippen molar-refractivity contribution in [1.29, 1.82) is 0 Å². The first-order valence-corrected chi connectivity index (χ1v) is 9.52. The molecule has 1 atom stereocenters. The van der Waals surface area contributed by atoms with Gasteiger partial charge in [0.15, 0.2) is 5.65 Å². The number of hydrogen-bond donors (Lipinski definition) is 0. The van der Waals surface area contributed by atoms with Crippen LogP contribution in [0.25, 0.3) is 5.65 Å². The molecule has 7 nitrogen and oxygen atoms in total. The van der Waals surface area contributed by atoms with Gasteiger partial charge in [0.05, 0.1) is 25.1 Å². The lowest BCUT2D eigenvalue weighted by Crippen LogP contribution is -2.45. The summed E-state index contributed by atoms with van der Waals surface area (Å²) < 4.78 is 7.13. The first-order valence-electron chi connectivity index (χ1n) is 9.52. The summed E-state index contributed by atoms with van der Waals surface area (Å²) in [5.74, 6) is 0.961. The Morgan fingerprint density at radius 1 is 1.35 bits per heavy atom. The number of fused-ring (bicyclic) bond motifs is 1. The van der Waals surface area contributed by atoms with Crippen LogP contribution >= 0.6 is 0 Å². The summed E-state index contributed by atoms with van der Waals surface area (Å²) in [6.45, 7) is 9.54. The molecule has 26 heavy (non-hydrogen) atoms. The van der Waals surface area contributed by atoms with E-state index in [1.807, 2.05) is 18.0 Å². The van der Waals surface area contributed by atoms with E-state index in [4.69, 9.17) is 4.74 Å². The molecule has 7 heteroatoms. The van der Waals surface area contributed by atoms with E-state index in [0.29, 0.717) is 5.82 Å². The van der Waals surface area contributed by atoms with Gasteiger partial charge in [-0.15, -0.1) is 5.10 Å². The van der Waals surface area contributed by atoms with E-state index in [0.717, 1.165) is 68.6 Å². The van der Waals surface area contributed by atoms with Crippen molar-refractivity contribution in [2.24, 2.45) is 11.3 Å². The van der Waals surface area contributed by atoms with Crippen LogP contribution in [-0.4, -0.2) is 64.8 Å². The zero-order valence-corrected chi connectivity index (χ0v) is 15.4. The maximum atomic E-state index is 12.9. The second kappa shape index (κ2) is 5.67.